The van der Waals surface area contributed by atoms with E-state index < -0.39 is 0 Å². The van der Waals surface area contributed by atoms with E-state index in [1.54, 1.807) is 18.4 Å². The van der Waals surface area contributed by atoms with E-state index in [0.29, 0.717) is 6.10 Å². The molecule has 0 saturated carbocycles. The molecule has 1 aromatic carbocycles. The maximum atomic E-state index is 5.47. The number of thiazole rings is 1. The second-order valence-electron chi connectivity index (χ2n) is 7.49. The van der Waals surface area contributed by atoms with E-state index in [9.17, 15) is 0 Å². The fourth-order valence-electron chi connectivity index (χ4n) is 3.84. The normalized spacial score (nSPS) is 16.9. The van der Waals surface area contributed by atoms with E-state index in [-0.39, 0.29) is 0 Å². The number of likely N-dealkylation sites (tertiary alicyclic amines) is 1. The average molecular weight is 418 g/mol. The highest BCUT2D eigenvalue weighted by molar-refractivity contribution is 7.22. The number of hydrogen-bond donors (Lipinski definition) is 1. The van der Waals surface area contributed by atoms with Crippen LogP contribution in [0.2, 0.25) is 0 Å². The summed E-state index contributed by atoms with van der Waals surface area (Å²) in [4.78, 5) is 15.7. The van der Waals surface area contributed by atoms with Crippen LogP contribution in [0.15, 0.2) is 61.1 Å². The van der Waals surface area contributed by atoms with Crippen molar-refractivity contribution in [1.29, 1.82) is 0 Å². The third-order valence-corrected chi connectivity index (χ3v) is 6.36. The smallest absolute Gasteiger partial charge is 0.189 e. The number of benzene rings is 1. The molecular formula is C23H23N5OS. The van der Waals surface area contributed by atoms with Gasteiger partial charge in [0.2, 0.25) is 0 Å². The highest BCUT2D eigenvalue weighted by Crippen LogP contribution is 2.31. The number of nitrogens with one attached hydrogen (secondary N) is 1. The van der Waals surface area contributed by atoms with Crippen LogP contribution in [-0.4, -0.2) is 46.2 Å². The molecule has 0 unspecified atom stereocenters. The molecule has 4 aromatic rings. The number of anilines is 2. The molecule has 1 N–H and O–H groups in total. The zero-order chi connectivity index (χ0) is 20.3. The molecular weight excluding hydrogens is 394 g/mol. The molecule has 7 heteroatoms. The van der Waals surface area contributed by atoms with Crippen molar-refractivity contribution >= 4 is 32.5 Å². The summed E-state index contributed by atoms with van der Waals surface area (Å²) in [6.07, 6.45) is 6.94. The number of methoxy groups -OCH3 is 1. The molecule has 152 valence electrons. The summed E-state index contributed by atoms with van der Waals surface area (Å²) in [6.45, 7) is 2.97. The van der Waals surface area contributed by atoms with Gasteiger partial charge in [-0.25, -0.2) is 9.97 Å². The van der Waals surface area contributed by atoms with Gasteiger partial charge in [0, 0.05) is 45.3 Å². The van der Waals surface area contributed by atoms with Crippen molar-refractivity contribution in [2.24, 2.45) is 0 Å². The quantitative estimate of drug-likeness (QED) is 0.490. The molecule has 0 aliphatic carbocycles. The number of ether oxygens (including phenoxy) is 1. The summed E-state index contributed by atoms with van der Waals surface area (Å²) in [7, 11) is 1.79. The van der Waals surface area contributed by atoms with Crippen molar-refractivity contribution in [3.63, 3.8) is 0 Å². The maximum Gasteiger partial charge on any atom is 0.189 e. The number of hydrogen-bond acceptors (Lipinski definition) is 7. The lowest BCUT2D eigenvalue weighted by Crippen LogP contribution is -2.22. The van der Waals surface area contributed by atoms with Gasteiger partial charge in [0.25, 0.3) is 0 Å². The largest absolute Gasteiger partial charge is 0.380 e. The van der Waals surface area contributed by atoms with E-state index >= 15 is 0 Å². The van der Waals surface area contributed by atoms with Crippen LogP contribution in [0.1, 0.15) is 12.0 Å². The Balaban J connectivity index is 1.32. The molecule has 0 amide bonds. The van der Waals surface area contributed by atoms with Gasteiger partial charge in [-0.3, -0.25) is 9.88 Å². The first kappa shape index (κ1) is 19.1. The molecule has 0 radical (unpaired) electrons. The average Bonchev–Trinajstić information content (AvgIpc) is 3.40. The van der Waals surface area contributed by atoms with Gasteiger partial charge in [-0.1, -0.05) is 17.4 Å². The van der Waals surface area contributed by atoms with Crippen LogP contribution in [0.5, 0.6) is 0 Å². The standard InChI is InChI=1S/C23H23N5OS/c1-29-19-7-11-28(15-19)14-16-4-10-25-22(12-16)27-23-26-20-3-2-18(13-21(20)30-23)17-5-8-24-9-6-17/h2-6,8-10,12-13,19H,7,11,14-15H2,1H3,(H,25,26,27)/t19-/m0/s1. The monoisotopic (exact) mass is 417 g/mol. The number of nitrogens with zero attached hydrogens (tertiary/aromatic N) is 4. The molecule has 5 rings (SSSR count). The lowest BCUT2D eigenvalue weighted by Gasteiger charge is -2.16. The summed E-state index contributed by atoms with van der Waals surface area (Å²) in [5.74, 6) is 0.823. The highest BCUT2D eigenvalue weighted by Gasteiger charge is 2.21. The minimum atomic E-state index is 0.351. The first-order chi connectivity index (χ1) is 14.8. The van der Waals surface area contributed by atoms with Gasteiger partial charge in [0.15, 0.2) is 5.13 Å². The molecule has 1 aliphatic heterocycles. The Labute approximate surface area is 179 Å². The minimum absolute atomic E-state index is 0.351. The molecule has 30 heavy (non-hydrogen) atoms. The topological polar surface area (TPSA) is 63.2 Å². The minimum Gasteiger partial charge on any atom is -0.380 e. The predicted molar refractivity (Wildman–Crippen MR) is 121 cm³/mol. The van der Waals surface area contributed by atoms with E-state index in [2.05, 4.69) is 50.5 Å². The van der Waals surface area contributed by atoms with Crippen molar-refractivity contribution in [3.8, 4) is 11.1 Å². The van der Waals surface area contributed by atoms with E-state index in [0.717, 1.165) is 52.8 Å². The molecule has 0 bridgehead atoms. The Morgan fingerprint density at radius 3 is 2.83 bits per heavy atom. The Morgan fingerprint density at radius 1 is 1.10 bits per heavy atom. The molecule has 1 atom stereocenters. The lowest BCUT2D eigenvalue weighted by atomic mass is 10.1. The van der Waals surface area contributed by atoms with Crippen molar-refractivity contribution in [2.45, 2.75) is 19.1 Å². The number of aromatic nitrogens is 3. The second kappa shape index (κ2) is 8.47. The molecule has 6 nitrogen and oxygen atoms in total. The first-order valence-corrected chi connectivity index (χ1v) is 10.9. The van der Waals surface area contributed by atoms with Gasteiger partial charge in [0.05, 0.1) is 16.3 Å². The molecule has 1 saturated heterocycles. The Hall–Kier alpha value is -2.87. The van der Waals surface area contributed by atoms with Crippen molar-refractivity contribution < 1.29 is 4.74 Å². The zero-order valence-electron chi connectivity index (χ0n) is 16.8. The van der Waals surface area contributed by atoms with Crippen molar-refractivity contribution in [2.75, 3.05) is 25.5 Å². The fourth-order valence-corrected chi connectivity index (χ4v) is 4.76. The molecule has 3 aromatic heterocycles. The van der Waals surface area contributed by atoms with Crippen molar-refractivity contribution in [3.05, 3.63) is 66.6 Å². The fraction of sp³-hybridized carbons (Fsp3) is 0.261. The summed E-state index contributed by atoms with van der Waals surface area (Å²) in [5.41, 5.74) is 4.55. The Bertz CT molecular complexity index is 1150. The number of rotatable bonds is 6. The van der Waals surface area contributed by atoms with Gasteiger partial charge in [-0.15, -0.1) is 0 Å². The zero-order valence-corrected chi connectivity index (χ0v) is 17.6. The maximum absolute atomic E-state index is 5.47. The predicted octanol–water partition coefficient (Wildman–Crippen LogP) is 4.72. The van der Waals surface area contributed by atoms with Gasteiger partial charge in [0.1, 0.15) is 5.82 Å². The molecule has 0 spiro atoms. The Kier molecular flexibility index (Phi) is 5.40. The summed E-state index contributed by atoms with van der Waals surface area (Å²) in [5, 5.41) is 4.23. The van der Waals surface area contributed by atoms with E-state index in [1.165, 1.54) is 11.1 Å². The van der Waals surface area contributed by atoms with E-state index in [4.69, 9.17) is 9.72 Å². The summed E-state index contributed by atoms with van der Waals surface area (Å²) < 4.78 is 6.61. The van der Waals surface area contributed by atoms with Gasteiger partial charge >= 0.3 is 0 Å². The lowest BCUT2D eigenvalue weighted by molar-refractivity contribution is 0.107. The second-order valence-corrected chi connectivity index (χ2v) is 8.52. The van der Waals surface area contributed by atoms with Crippen LogP contribution in [-0.2, 0) is 11.3 Å². The number of fused-ring (bicyclic) bond motifs is 1. The summed E-state index contributed by atoms with van der Waals surface area (Å²) in [6, 6.07) is 14.6. The first-order valence-electron chi connectivity index (χ1n) is 10.0. The summed E-state index contributed by atoms with van der Waals surface area (Å²) >= 11 is 1.64. The van der Waals surface area contributed by atoms with Crippen molar-refractivity contribution in [1.82, 2.24) is 19.9 Å². The van der Waals surface area contributed by atoms with Crippen LogP contribution in [0.25, 0.3) is 21.3 Å². The molecule has 1 aliphatic rings. The van der Waals surface area contributed by atoms with Crippen LogP contribution >= 0.6 is 11.3 Å². The van der Waals surface area contributed by atoms with Crippen LogP contribution in [0.3, 0.4) is 0 Å². The third kappa shape index (κ3) is 4.18. The van der Waals surface area contributed by atoms with E-state index in [1.807, 2.05) is 30.7 Å². The number of pyridine rings is 2. The van der Waals surface area contributed by atoms with Gasteiger partial charge in [-0.05, 0) is 59.5 Å². The molecule has 1 fully saturated rings. The Morgan fingerprint density at radius 2 is 2.00 bits per heavy atom. The molecule has 4 heterocycles. The van der Waals surface area contributed by atoms with Crippen LogP contribution in [0, 0.1) is 0 Å². The SMILES string of the molecule is CO[C@H]1CCN(Cc2ccnc(Nc3nc4ccc(-c5ccncc5)cc4s3)c2)C1. The van der Waals surface area contributed by atoms with Crippen LogP contribution in [0.4, 0.5) is 10.9 Å². The van der Waals surface area contributed by atoms with Crippen LogP contribution < -0.4 is 5.32 Å². The highest BCUT2D eigenvalue weighted by atomic mass is 32.1. The third-order valence-electron chi connectivity index (χ3n) is 5.43. The van der Waals surface area contributed by atoms with Gasteiger partial charge in [-0.2, -0.15) is 0 Å². The van der Waals surface area contributed by atoms with Gasteiger partial charge < -0.3 is 10.1 Å².